The summed E-state index contributed by atoms with van der Waals surface area (Å²) in [5.74, 6) is -0.547. The molecule has 0 spiro atoms. The molecule has 1 amide bonds. The molecule has 68 valence electrons. The molecule has 4 nitrogen and oxygen atoms in total. The standard InChI is InChI=1S/C8H6ClNO3/c9-7-5(8(10)12)2-1-3-6(7)13-4-11/h1-4H,(H2,10,12). The Hall–Kier alpha value is -1.55. The van der Waals surface area contributed by atoms with Crippen LogP contribution in [0.2, 0.25) is 5.02 Å². The summed E-state index contributed by atoms with van der Waals surface area (Å²) in [6, 6.07) is 4.43. The Bertz CT molecular complexity index is 351. The van der Waals surface area contributed by atoms with E-state index < -0.39 is 5.91 Å². The van der Waals surface area contributed by atoms with Gasteiger partial charge in [0.2, 0.25) is 5.91 Å². The van der Waals surface area contributed by atoms with E-state index in [2.05, 4.69) is 4.74 Å². The first-order chi connectivity index (χ1) is 6.16. The molecular formula is C8H6ClNO3. The number of carbonyl (C=O) groups excluding carboxylic acids is 2. The van der Waals surface area contributed by atoms with E-state index in [-0.39, 0.29) is 22.8 Å². The van der Waals surface area contributed by atoms with Crippen LogP contribution in [-0.4, -0.2) is 12.4 Å². The molecule has 5 heteroatoms. The number of carbonyl (C=O) groups is 2. The van der Waals surface area contributed by atoms with E-state index in [0.29, 0.717) is 0 Å². The van der Waals surface area contributed by atoms with Crippen LogP contribution < -0.4 is 10.5 Å². The molecule has 1 rings (SSSR count). The molecule has 1 aromatic rings. The fourth-order valence-corrected chi connectivity index (χ4v) is 1.11. The van der Waals surface area contributed by atoms with E-state index in [0.717, 1.165) is 0 Å². The zero-order valence-corrected chi connectivity index (χ0v) is 7.25. The number of benzene rings is 1. The van der Waals surface area contributed by atoms with Crippen molar-refractivity contribution in [1.82, 2.24) is 0 Å². The summed E-state index contributed by atoms with van der Waals surface area (Å²) in [6.45, 7) is 0.228. The van der Waals surface area contributed by atoms with Crippen molar-refractivity contribution in [3.63, 3.8) is 0 Å². The van der Waals surface area contributed by atoms with Gasteiger partial charge in [0, 0.05) is 0 Å². The summed E-state index contributed by atoms with van der Waals surface area (Å²) >= 11 is 5.70. The number of amides is 1. The van der Waals surface area contributed by atoms with Gasteiger partial charge >= 0.3 is 0 Å². The first-order valence-corrected chi connectivity index (χ1v) is 3.73. The highest BCUT2D eigenvalue weighted by molar-refractivity contribution is 6.35. The van der Waals surface area contributed by atoms with Gasteiger partial charge in [-0.1, -0.05) is 17.7 Å². The molecular weight excluding hydrogens is 194 g/mol. The molecule has 13 heavy (non-hydrogen) atoms. The largest absolute Gasteiger partial charge is 0.427 e. The van der Waals surface area contributed by atoms with Crippen molar-refractivity contribution in [2.45, 2.75) is 0 Å². The zero-order valence-electron chi connectivity index (χ0n) is 6.49. The molecule has 0 bridgehead atoms. The van der Waals surface area contributed by atoms with E-state index in [4.69, 9.17) is 17.3 Å². The molecule has 0 saturated heterocycles. The van der Waals surface area contributed by atoms with Crippen molar-refractivity contribution in [1.29, 1.82) is 0 Å². The smallest absolute Gasteiger partial charge is 0.298 e. The second kappa shape index (κ2) is 3.91. The van der Waals surface area contributed by atoms with Crippen LogP contribution in [0.25, 0.3) is 0 Å². The van der Waals surface area contributed by atoms with Crippen LogP contribution in [0.15, 0.2) is 18.2 Å². The van der Waals surface area contributed by atoms with Gasteiger partial charge in [0.1, 0.15) is 5.75 Å². The third kappa shape index (κ3) is 1.97. The molecule has 0 radical (unpaired) electrons. The predicted octanol–water partition coefficient (Wildman–Crippen LogP) is 0.974. The Morgan fingerprint density at radius 3 is 2.77 bits per heavy atom. The summed E-state index contributed by atoms with van der Waals surface area (Å²) in [7, 11) is 0. The predicted molar refractivity (Wildman–Crippen MR) is 46.7 cm³/mol. The zero-order chi connectivity index (χ0) is 9.84. The Balaban J connectivity index is 3.17. The first-order valence-electron chi connectivity index (χ1n) is 3.35. The van der Waals surface area contributed by atoms with Gasteiger partial charge in [0.15, 0.2) is 0 Å². The fourth-order valence-electron chi connectivity index (χ4n) is 0.844. The van der Waals surface area contributed by atoms with Crippen LogP contribution in [0.4, 0.5) is 0 Å². The first kappa shape index (κ1) is 9.54. The summed E-state index contributed by atoms with van der Waals surface area (Å²) in [6.07, 6.45) is 0. The van der Waals surface area contributed by atoms with Crippen molar-refractivity contribution < 1.29 is 14.3 Å². The normalized spacial score (nSPS) is 9.31. The number of hydrogen-bond acceptors (Lipinski definition) is 3. The lowest BCUT2D eigenvalue weighted by molar-refractivity contribution is -0.120. The van der Waals surface area contributed by atoms with Crippen molar-refractivity contribution in [2.75, 3.05) is 0 Å². The average molecular weight is 200 g/mol. The van der Waals surface area contributed by atoms with Gasteiger partial charge in [-0.15, -0.1) is 0 Å². The number of nitrogens with two attached hydrogens (primary N) is 1. The van der Waals surface area contributed by atoms with Gasteiger partial charge in [-0.3, -0.25) is 9.59 Å². The van der Waals surface area contributed by atoms with E-state index in [1.54, 1.807) is 0 Å². The highest BCUT2D eigenvalue weighted by Crippen LogP contribution is 2.27. The minimum atomic E-state index is -0.665. The van der Waals surface area contributed by atoms with Crippen molar-refractivity contribution in [3.05, 3.63) is 28.8 Å². The third-order valence-electron chi connectivity index (χ3n) is 1.40. The fraction of sp³-hybridized carbons (Fsp3) is 0. The molecule has 0 aliphatic carbocycles. The van der Waals surface area contributed by atoms with Gasteiger partial charge in [0.25, 0.3) is 6.47 Å². The molecule has 0 heterocycles. The quantitative estimate of drug-likeness (QED) is 0.738. The summed E-state index contributed by atoms with van der Waals surface area (Å²) in [4.78, 5) is 20.8. The number of halogens is 1. The van der Waals surface area contributed by atoms with Crippen molar-refractivity contribution in [3.8, 4) is 5.75 Å². The molecule has 0 aliphatic rings. The summed E-state index contributed by atoms with van der Waals surface area (Å²) < 4.78 is 4.51. The van der Waals surface area contributed by atoms with E-state index in [1.165, 1.54) is 18.2 Å². The molecule has 0 aliphatic heterocycles. The minimum absolute atomic E-state index is 0.0436. The Morgan fingerprint density at radius 1 is 1.54 bits per heavy atom. The molecule has 2 N–H and O–H groups in total. The van der Waals surface area contributed by atoms with Crippen LogP contribution in [0, 0.1) is 0 Å². The van der Waals surface area contributed by atoms with E-state index in [9.17, 15) is 9.59 Å². The van der Waals surface area contributed by atoms with Crippen LogP contribution in [0.3, 0.4) is 0 Å². The van der Waals surface area contributed by atoms with Crippen LogP contribution in [0.5, 0.6) is 5.75 Å². The highest BCUT2D eigenvalue weighted by Gasteiger charge is 2.10. The number of hydrogen-bond donors (Lipinski definition) is 1. The average Bonchev–Trinajstić information content (AvgIpc) is 2.08. The monoisotopic (exact) mass is 199 g/mol. The topological polar surface area (TPSA) is 69.4 Å². The number of ether oxygens (including phenoxy) is 1. The maximum absolute atomic E-state index is 10.8. The summed E-state index contributed by atoms with van der Waals surface area (Å²) in [5, 5.41) is 0.0436. The highest BCUT2D eigenvalue weighted by atomic mass is 35.5. The van der Waals surface area contributed by atoms with Crippen LogP contribution in [0.1, 0.15) is 10.4 Å². The third-order valence-corrected chi connectivity index (χ3v) is 1.79. The lowest BCUT2D eigenvalue weighted by Gasteiger charge is -2.03. The van der Waals surface area contributed by atoms with Gasteiger partial charge in [0.05, 0.1) is 10.6 Å². The Labute approximate surface area is 79.2 Å². The van der Waals surface area contributed by atoms with Gasteiger partial charge in [-0.05, 0) is 12.1 Å². The van der Waals surface area contributed by atoms with Crippen molar-refractivity contribution in [2.24, 2.45) is 5.73 Å². The number of primary amides is 1. The second-order valence-electron chi connectivity index (χ2n) is 2.20. The minimum Gasteiger partial charge on any atom is -0.427 e. The maximum atomic E-state index is 10.8. The van der Waals surface area contributed by atoms with Gasteiger partial charge < -0.3 is 10.5 Å². The molecule has 0 fully saturated rings. The van der Waals surface area contributed by atoms with Crippen LogP contribution in [-0.2, 0) is 4.79 Å². The maximum Gasteiger partial charge on any atom is 0.298 e. The molecule has 0 unspecified atom stereocenters. The lowest BCUT2D eigenvalue weighted by Crippen LogP contribution is -2.11. The summed E-state index contributed by atoms with van der Waals surface area (Å²) in [5.41, 5.74) is 5.14. The SMILES string of the molecule is NC(=O)c1cccc(OC=O)c1Cl. The van der Waals surface area contributed by atoms with Gasteiger partial charge in [-0.25, -0.2) is 0 Å². The molecule has 0 aromatic heterocycles. The number of rotatable bonds is 3. The molecule has 0 atom stereocenters. The van der Waals surface area contributed by atoms with Gasteiger partial charge in [-0.2, -0.15) is 0 Å². The lowest BCUT2D eigenvalue weighted by atomic mass is 10.2. The Kier molecular flexibility index (Phi) is 2.87. The van der Waals surface area contributed by atoms with E-state index >= 15 is 0 Å². The second-order valence-corrected chi connectivity index (χ2v) is 2.57. The molecule has 1 aromatic carbocycles. The van der Waals surface area contributed by atoms with Crippen LogP contribution >= 0.6 is 11.6 Å². The van der Waals surface area contributed by atoms with Crippen molar-refractivity contribution >= 4 is 24.0 Å². The van der Waals surface area contributed by atoms with E-state index in [1.807, 2.05) is 0 Å². The molecule has 0 saturated carbocycles. The Morgan fingerprint density at radius 2 is 2.23 bits per heavy atom.